The van der Waals surface area contributed by atoms with Crippen LogP contribution in [0.25, 0.3) is 11.4 Å². The van der Waals surface area contributed by atoms with E-state index in [1.165, 1.54) is 6.07 Å². The van der Waals surface area contributed by atoms with Gasteiger partial charge in [0.1, 0.15) is 17.8 Å². The molecule has 1 saturated heterocycles. The summed E-state index contributed by atoms with van der Waals surface area (Å²) in [7, 11) is 0. The van der Waals surface area contributed by atoms with Crippen molar-refractivity contribution in [3.8, 4) is 11.4 Å². The number of nitrogens with zero attached hydrogens (tertiary/aromatic N) is 2. The fraction of sp³-hybridized carbons (Fsp3) is 0.393. The van der Waals surface area contributed by atoms with Gasteiger partial charge in [0.25, 0.3) is 0 Å². The van der Waals surface area contributed by atoms with E-state index >= 15 is 0 Å². The first kappa shape index (κ1) is 29.4. The van der Waals surface area contributed by atoms with Crippen molar-refractivity contribution in [3.63, 3.8) is 0 Å². The zero-order chi connectivity index (χ0) is 26.8. The number of piperidine rings is 1. The lowest BCUT2D eigenvalue weighted by molar-refractivity contribution is 0.178. The number of nitrogens with two attached hydrogens (primary N) is 1. The summed E-state index contributed by atoms with van der Waals surface area (Å²) in [6.45, 7) is 10.8. The highest BCUT2D eigenvalue weighted by Gasteiger charge is 2.27. The second-order valence-electron chi connectivity index (χ2n) is 8.67. The zero-order valence-electron chi connectivity index (χ0n) is 21.7. The van der Waals surface area contributed by atoms with E-state index in [1.54, 1.807) is 19.1 Å². The number of rotatable bonds is 4. The molecule has 2 atom stereocenters. The summed E-state index contributed by atoms with van der Waals surface area (Å²) in [6.07, 6.45) is 0.313. The van der Waals surface area contributed by atoms with E-state index in [4.69, 9.17) is 11.1 Å². The Morgan fingerprint density at radius 1 is 1.11 bits per heavy atom. The second-order valence-corrected chi connectivity index (χ2v) is 9.15. The third-order valence-electron chi connectivity index (χ3n) is 5.80. The van der Waals surface area contributed by atoms with Gasteiger partial charge >= 0.3 is 0 Å². The van der Waals surface area contributed by atoms with Gasteiger partial charge in [0, 0.05) is 22.7 Å². The highest BCUT2D eigenvalue weighted by molar-refractivity contribution is 7.80. The maximum absolute atomic E-state index is 14.2. The minimum atomic E-state index is -0.911. The van der Waals surface area contributed by atoms with Crippen LogP contribution < -0.4 is 11.1 Å². The van der Waals surface area contributed by atoms with Crippen molar-refractivity contribution in [1.29, 1.82) is 5.41 Å². The Balaban J connectivity index is 0.000000347. The first-order valence-corrected chi connectivity index (χ1v) is 12.7. The third kappa shape index (κ3) is 8.10. The SMILES string of the molecule is CC.CC(=N)c1c(N)nc(-c2ccc(C)cc2)nc1CC1CCNCC1F.Cc1ccc(F)c(S)c1. The summed E-state index contributed by atoms with van der Waals surface area (Å²) in [5.41, 5.74) is 10.7. The van der Waals surface area contributed by atoms with Crippen LogP contribution in [-0.2, 0) is 6.42 Å². The number of alkyl halides is 1. The standard InChI is InChI=1S/C19H24FN5.C7H7FS.C2H6/c1-11-3-5-13(6-4-11)19-24-16(17(12(2)21)18(22)25-19)9-14-7-8-23-10-15(14)20;1-5-2-3-6(8)7(9)4-5;1-2/h3-6,14-15,21,23H,7-10H2,1-2H3,(H2,22,24,25);2-4,9H,1H3;1-2H3. The molecule has 0 saturated carbocycles. The molecule has 4 rings (SSSR count). The molecule has 1 aromatic heterocycles. The quantitative estimate of drug-likeness (QED) is 0.241. The number of aryl methyl sites for hydroxylation is 2. The van der Waals surface area contributed by atoms with E-state index in [0.717, 1.165) is 29.7 Å². The molecular formula is C28H37F2N5S. The molecule has 5 nitrogen and oxygen atoms in total. The number of aromatic nitrogens is 2. The largest absolute Gasteiger partial charge is 0.383 e. The monoisotopic (exact) mass is 513 g/mol. The predicted molar refractivity (Wildman–Crippen MR) is 148 cm³/mol. The minimum Gasteiger partial charge on any atom is -0.383 e. The molecular weight excluding hydrogens is 476 g/mol. The number of thiol groups is 1. The summed E-state index contributed by atoms with van der Waals surface area (Å²) in [5.74, 6) is 0.447. The van der Waals surface area contributed by atoms with Gasteiger partial charge in [0.15, 0.2) is 5.82 Å². The van der Waals surface area contributed by atoms with Crippen molar-refractivity contribution in [1.82, 2.24) is 15.3 Å². The lowest BCUT2D eigenvalue weighted by Gasteiger charge is -2.27. The molecule has 194 valence electrons. The number of hydrogen-bond donors (Lipinski definition) is 4. The molecule has 36 heavy (non-hydrogen) atoms. The van der Waals surface area contributed by atoms with Crippen molar-refractivity contribution in [2.75, 3.05) is 18.8 Å². The molecule has 2 aromatic carbocycles. The van der Waals surface area contributed by atoms with Crippen LogP contribution in [0.3, 0.4) is 0 Å². The van der Waals surface area contributed by atoms with E-state index in [9.17, 15) is 8.78 Å². The van der Waals surface area contributed by atoms with Gasteiger partial charge in [0.2, 0.25) is 0 Å². The lowest BCUT2D eigenvalue weighted by atomic mass is 9.89. The second kappa shape index (κ2) is 14.0. The summed E-state index contributed by atoms with van der Waals surface area (Å²) in [6, 6.07) is 12.7. The van der Waals surface area contributed by atoms with Gasteiger partial charge in [-0.2, -0.15) is 0 Å². The van der Waals surface area contributed by atoms with Gasteiger partial charge in [-0.1, -0.05) is 49.7 Å². The smallest absolute Gasteiger partial charge is 0.161 e. The van der Waals surface area contributed by atoms with Crippen LogP contribution in [0.15, 0.2) is 47.4 Å². The number of halogens is 2. The van der Waals surface area contributed by atoms with Crippen LogP contribution >= 0.6 is 12.6 Å². The van der Waals surface area contributed by atoms with E-state index in [0.29, 0.717) is 40.7 Å². The normalized spacial score (nSPS) is 16.8. The molecule has 4 N–H and O–H groups in total. The molecule has 1 aliphatic rings. The Morgan fingerprint density at radius 2 is 1.75 bits per heavy atom. The van der Waals surface area contributed by atoms with Crippen molar-refractivity contribution < 1.29 is 8.78 Å². The Hall–Kier alpha value is -2.84. The highest BCUT2D eigenvalue weighted by Crippen LogP contribution is 2.27. The van der Waals surface area contributed by atoms with Crippen molar-refractivity contribution >= 4 is 24.2 Å². The predicted octanol–water partition coefficient (Wildman–Crippen LogP) is 6.36. The summed E-state index contributed by atoms with van der Waals surface area (Å²) in [5, 5.41) is 11.1. The Kier molecular flexibility index (Phi) is 11.5. The molecule has 0 aliphatic carbocycles. The third-order valence-corrected chi connectivity index (χ3v) is 6.14. The molecule has 2 heterocycles. The Morgan fingerprint density at radius 3 is 2.31 bits per heavy atom. The fourth-order valence-corrected chi connectivity index (χ4v) is 4.17. The van der Waals surface area contributed by atoms with Crippen LogP contribution in [0.1, 0.15) is 49.6 Å². The average molecular weight is 514 g/mol. The van der Waals surface area contributed by atoms with Crippen molar-refractivity contribution in [2.24, 2.45) is 5.92 Å². The molecule has 0 radical (unpaired) electrons. The van der Waals surface area contributed by atoms with Crippen molar-refractivity contribution in [3.05, 3.63) is 70.7 Å². The molecule has 1 aliphatic heterocycles. The average Bonchev–Trinajstić information content (AvgIpc) is 2.85. The molecule has 0 amide bonds. The van der Waals surface area contributed by atoms with Gasteiger partial charge in [-0.3, -0.25) is 0 Å². The Bertz CT molecular complexity index is 1150. The summed E-state index contributed by atoms with van der Waals surface area (Å²) in [4.78, 5) is 9.46. The summed E-state index contributed by atoms with van der Waals surface area (Å²) < 4.78 is 26.7. The van der Waals surface area contributed by atoms with Gasteiger partial charge < -0.3 is 16.5 Å². The summed E-state index contributed by atoms with van der Waals surface area (Å²) >= 11 is 3.89. The first-order valence-electron chi connectivity index (χ1n) is 12.2. The number of nitrogens with one attached hydrogen (secondary N) is 2. The molecule has 0 bridgehead atoms. The zero-order valence-corrected chi connectivity index (χ0v) is 22.6. The number of nitrogen functional groups attached to an aromatic ring is 1. The van der Waals surface area contributed by atoms with E-state index in [2.05, 4.69) is 27.9 Å². The molecule has 3 aromatic rings. The van der Waals surface area contributed by atoms with Crippen LogP contribution in [0.4, 0.5) is 14.6 Å². The van der Waals surface area contributed by atoms with E-state index in [1.807, 2.05) is 52.0 Å². The van der Waals surface area contributed by atoms with Crippen LogP contribution in [0, 0.1) is 31.0 Å². The Labute approximate surface area is 218 Å². The number of benzene rings is 2. The maximum Gasteiger partial charge on any atom is 0.161 e. The molecule has 2 unspecified atom stereocenters. The molecule has 1 fully saturated rings. The fourth-order valence-electron chi connectivity index (χ4n) is 3.89. The number of anilines is 1. The molecule has 8 heteroatoms. The molecule has 0 spiro atoms. The lowest BCUT2D eigenvalue weighted by Crippen LogP contribution is -2.39. The van der Waals surface area contributed by atoms with Crippen LogP contribution in [0.2, 0.25) is 0 Å². The first-order chi connectivity index (χ1) is 17.2. The van der Waals surface area contributed by atoms with Gasteiger partial charge in [-0.05, 0) is 63.8 Å². The highest BCUT2D eigenvalue weighted by atomic mass is 32.1. The maximum atomic E-state index is 14.2. The van der Waals surface area contributed by atoms with Gasteiger partial charge in [0.05, 0.1) is 11.3 Å². The number of hydrogen-bond acceptors (Lipinski definition) is 6. The van der Waals surface area contributed by atoms with Crippen LogP contribution in [0.5, 0.6) is 0 Å². The van der Waals surface area contributed by atoms with E-state index in [-0.39, 0.29) is 17.6 Å². The van der Waals surface area contributed by atoms with Gasteiger partial charge in [-0.25, -0.2) is 18.7 Å². The van der Waals surface area contributed by atoms with E-state index < -0.39 is 6.17 Å². The van der Waals surface area contributed by atoms with Crippen LogP contribution in [-0.4, -0.2) is 34.9 Å². The minimum absolute atomic E-state index is 0.112. The topological polar surface area (TPSA) is 87.7 Å². The van der Waals surface area contributed by atoms with Gasteiger partial charge in [-0.15, -0.1) is 12.6 Å². The van der Waals surface area contributed by atoms with Crippen molar-refractivity contribution in [2.45, 2.75) is 58.5 Å².